The van der Waals surface area contributed by atoms with E-state index in [1.807, 2.05) is 13.8 Å². The number of carbonyl (C=O) groups excluding carboxylic acids is 1. The van der Waals surface area contributed by atoms with Crippen molar-refractivity contribution in [2.45, 2.75) is 51.6 Å². The molecule has 7 heteroatoms. The summed E-state index contributed by atoms with van der Waals surface area (Å²) >= 11 is 1.43. The Bertz CT molecular complexity index is 825. The Hall–Kier alpha value is -1.57. The average molecular weight is 375 g/mol. The first-order chi connectivity index (χ1) is 12.5. The summed E-state index contributed by atoms with van der Waals surface area (Å²) in [5, 5.41) is 14.2. The molecule has 1 atom stereocenters. The van der Waals surface area contributed by atoms with Crippen molar-refractivity contribution in [2.24, 2.45) is 5.92 Å². The van der Waals surface area contributed by atoms with Crippen LogP contribution in [-0.2, 0) is 4.74 Å². The summed E-state index contributed by atoms with van der Waals surface area (Å²) in [6.45, 7) is 5.59. The predicted octanol–water partition coefficient (Wildman–Crippen LogP) is 2.70. The van der Waals surface area contributed by atoms with E-state index < -0.39 is 6.10 Å². The zero-order valence-electron chi connectivity index (χ0n) is 15.2. The Balaban J connectivity index is 1.49. The average Bonchev–Trinajstić information content (AvgIpc) is 3.44. The SMILES string of the molecule is Cc1nc(C2CC2)nc2sc(C(=O)NCC(O)C3CCOCC3)c(C)c12. The molecule has 1 aliphatic carbocycles. The second kappa shape index (κ2) is 7.21. The number of carbonyl (C=O) groups is 1. The molecule has 1 aliphatic heterocycles. The lowest BCUT2D eigenvalue weighted by Crippen LogP contribution is -2.38. The molecule has 2 aliphatic rings. The van der Waals surface area contributed by atoms with E-state index in [0.29, 0.717) is 24.0 Å². The zero-order chi connectivity index (χ0) is 18.3. The molecule has 1 amide bonds. The number of hydrogen-bond donors (Lipinski definition) is 2. The molecule has 140 valence electrons. The molecule has 0 spiro atoms. The van der Waals surface area contributed by atoms with E-state index in [4.69, 9.17) is 9.72 Å². The van der Waals surface area contributed by atoms with Crippen LogP contribution in [0, 0.1) is 19.8 Å². The van der Waals surface area contributed by atoms with Crippen LogP contribution >= 0.6 is 11.3 Å². The van der Waals surface area contributed by atoms with Crippen molar-refractivity contribution in [1.29, 1.82) is 0 Å². The number of rotatable bonds is 5. The van der Waals surface area contributed by atoms with E-state index in [1.165, 1.54) is 11.3 Å². The number of thiophene rings is 1. The summed E-state index contributed by atoms with van der Waals surface area (Å²) in [6, 6.07) is 0. The van der Waals surface area contributed by atoms with Gasteiger partial charge in [0.15, 0.2) is 0 Å². The number of aliphatic hydroxyl groups excluding tert-OH is 1. The number of aromatic nitrogens is 2. The predicted molar refractivity (Wildman–Crippen MR) is 101 cm³/mol. The van der Waals surface area contributed by atoms with Crippen molar-refractivity contribution in [2.75, 3.05) is 19.8 Å². The normalized spacial score (nSPS) is 19.7. The lowest BCUT2D eigenvalue weighted by Gasteiger charge is -2.26. The van der Waals surface area contributed by atoms with Crippen LogP contribution in [0.15, 0.2) is 0 Å². The van der Waals surface area contributed by atoms with Crippen LogP contribution in [0.4, 0.5) is 0 Å². The second-order valence-corrected chi connectivity index (χ2v) is 8.40. The van der Waals surface area contributed by atoms with Crippen LogP contribution in [0.1, 0.15) is 58.4 Å². The number of fused-ring (bicyclic) bond motifs is 1. The maximum Gasteiger partial charge on any atom is 0.261 e. The van der Waals surface area contributed by atoms with Gasteiger partial charge < -0.3 is 15.2 Å². The molecule has 1 saturated carbocycles. The highest BCUT2D eigenvalue weighted by Crippen LogP contribution is 2.40. The van der Waals surface area contributed by atoms with E-state index in [9.17, 15) is 9.90 Å². The second-order valence-electron chi connectivity index (χ2n) is 7.41. The summed E-state index contributed by atoms with van der Waals surface area (Å²) < 4.78 is 5.33. The molecule has 0 aromatic carbocycles. The fraction of sp³-hybridized carbons (Fsp3) is 0.632. The van der Waals surface area contributed by atoms with Gasteiger partial charge in [0.25, 0.3) is 5.91 Å². The molecule has 2 N–H and O–H groups in total. The van der Waals surface area contributed by atoms with Crippen LogP contribution in [0.5, 0.6) is 0 Å². The Morgan fingerprint density at radius 2 is 2.00 bits per heavy atom. The third-order valence-electron chi connectivity index (χ3n) is 5.42. The van der Waals surface area contributed by atoms with Crippen molar-refractivity contribution in [3.05, 3.63) is 22.0 Å². The van der Waals surface area contributed by atoms with Crippen molar-refractivity contribution in [3.63, 3.8) is 0 Å². The monoisotopic (exact) mass is 375 g/mol. The van der Waals surface area contributed by atoms with Gasteiger partial charge in [-0.25, -0.2) is 9.97 Å². The van der Waals surface area contributed by atoms with Gasteiger partial charge in [-0.1, -0.05) is 0 Å². The lowest BCUT2D eigenvalue weighted by molar-refractivity contribution is 0.00874. The number of aliphatic hydroxyl groups is 1. The highest BCUT2D eigenvalue weighted by Gasteiger charge is 2.29. The molecule has 4 rings (SSSR count). The Labute approximate surface area is 157 Å². The van der Waals surface area contributed by atoms with Crippen LogP contribution in [0.3, 0.4) is 0 Å². The van der Waals surface area contributed by atoms with E-state index in [0.717, 1.165) is 53.0 Å². The maximum atomic E-state index is 12.7. The smallest absolute Gasteiger partial charge is 0.261 e. The quantitative estimate of drug-likeness (QED) is 0.839. The number of amides is 1. The molecule has 6 nitrogen and oxygen atoms in total. The van der Waals surface area contributed by atoms with Gasteiger partial charge in [-0.15, -0.1) is 11.3 Å². The Kier molecular flexibility index (Phi) is 4.94. The molecule has 1 unspecified atom stereocenters. The molecule has 26 heavy (non-hydrogen) atoms. The van der Waals surface area contributed by atoms with Crippen molar-refractivity contribution in [1.82, 2.24) is 15.3 Å². The van der Waals surface area contributed by atoms with Gasteiger partial charge in [-0.2, -0.15) is 0 Å². The minimum absolute atomic E-state index is 0.135. The Morgan fingerprint density at radius 1 is 1.27 bits per heavy atom. The summed E-state index contributed by atoms with van der Waals surface area (Å²) in [4.78, 5) is 23.6. The largest absolute Gasteiger partial charge is 0.391 e. The van der Waals surface area contributed by atoms with Gasteiger partial charge >= 0.3 is 0 Å². The van der Waals surface area contributed by atoms with Gasteiger partial charge in [0.2, 0.25) is 0 Å². The first kappa shape index (κ1) is 17.8. The highest BCUT2D eigenvalue weighted by atomic mass is 32.1. The maximum absolute atomic E-state index is 12.7. The number of nitrogens with zero attached hydrogens (tertiary/aromatic N) is 2. The van der Waals surface area contributed by atoms with Crippen LogP contribution < -0.4 is 5.32 Å². The first-order valence-corrected chi connectivity index (χ1v) is 10.2. The summed E-state index contributed by atoms with van der Waals surface area (Å²) in [7, 11) is 0. The van der Waals surface area contributed by atoms with E-state index >= 15 is 0 Å². The van der Waals surface area contributed by atoms with Gasteiger partial charge in [-0.3, -0.25) is 4.79 Å². The minimum Gasteiger partial charge on any atom is -0.391 e. The number of hydrogen-bond acceptors (Lipinski definition) is 6. The van der Waals surface area contributed by atoms with Crippen molar-refractivity contribution >= 4 is 27.5 Å². The molecule has 0 radical (unpaired) electrons. The molecular weight excluding hydrogens is 350 g/mol. The molecule has 1 saturated heterocycles. The molecule has 3 heterocycles. The van der Waals surface area contributed by atoms with Gasteiger partial charge in [0.1, 0.15) is 10.7 Å². The lowest BCUT2D eigenvalue weighted by atomic mass is 9.94. The molecule has 2 aromatic heterocycles. The number of ether oxygens (including phenoxy) is 1. The fourth-order valence-electron chi connectivity index (χ4n) is 3.65. The molecular formula is C19H25N3O3S. The third kappa shape index (κ3) is 3.48. The van der Waals surface area contributed by atoms with Crippen molar-refractivity contribution in [3.8, 4) is 0 Å². The molecule has 2 fully saturated rings. The van der Waals surface area contributed by atoms with Crippen LogP contribution in [-0.4, -0.2) is 46.8 Å². The highest BCUT2D eigenvalue weighted by molar-refractivity contribution is 7.20. The number of aryl methyl sites for hydroxylation is 2. The van der Waals surface area contributed by atoms with Gasteiger partial charge in [-0.05, 0) is 51.0 Å². The third-order valence-corrected chi connectivity index (χ3v) is 6.60. The topological polar surface area (TPSA) is 84.3 Å². The van der Waals surface area contributed by atoms with Crippen molar-refractivity contribution < 1.29 is 14.6 Å². The first-order valence-electron chi connectivity index (χ1n) is 9.36. The minimum atomic E-state index is -0.527. The van der Waals surface area contributed by atoms with E-state index in [-0.39, 0.29) is 18.4 Å². The molecule has 2 aromatic rings. The summed E-state index contributed by atoms with van der Waals surface area (Å²) in [5.41, 5.74) is 1.88. The van der Waals surface area contributed by atoms with Crippen LogP contribution in [0.2, 0.25) is 0 Å². The summed E-state index contributed by atoms with van der Waals surface area (Å²) in [6.07, 6.45) is 3.48. The summed E-state index contributed by atoms with van der Waals surface area (Å²) in [5.74, 6) is 1.47. The van der Waals surface area contributed by atoms with Gasteiger partial charge in [0, 0.05) is 31.1 Å². The van der Waals surface area contributed by atoms with Gasteiger partial charge in [0.05, 0.1) is 16.7 Å². The molecule has 0 bridgehead atoms. The standard InChI is InChI=1S/C19H25N3O3S/c1-10-15-11(2)21-17(13-3-4-13)22-19(15)26-16(10)18(24)20-9-14(23)12-5-7-25-8-6-12/h12-14,23H,3-9H2,1-2H3,(H,20,24). The number of nitrogens with one attached hydrogen (secondary N) is 1. The van der Waals surface area contributed by atoms with Crippen LogP contribution in [0.25, 0.3) is 10.2 Å². The fourth-order valence-corrected chi connectivity index (χ4v) is 4.80. The zero-order valence-corrected chi connectivity index (χ0v) is 16.1. The Morgan fingerprint density at radius 3 is 2.69 bits per heavy atom. The van der Waals surface area contributed by atoms with E-state index in [2.05, 4.69) is 10.3 Å². The van der Waals surface area contributed by atoms with E-state index in [1.54, 1.807) is 0 Å².